The first-order valence-corrected chi connectivity index (χ1v) is 5.33. The van der Waals surface area contributed by atoms with Crippen LogP contribution in [0.25, 0.3) is 0 Å². The molecular formula is C12H18N2. The smallest absolute Gasteiger partial charge is 0.0423 e. The number of aryl methyl sites for hydroxylation is 2. The van der Waals surface area contributed by atoms with Crippen LogP contribution in [-0.2, 0) is 0 Å². The van der Waals surface area contributed by atoms with Crippen molar-refractivity contribution in [2.24, 2.45) is 0 Å². The lowest BCUT2D eigenvalue weighted by Crippen LogP contribution is -2.18. The quantitative estimate of drug-likeness (QED) is 0.676. The van der Waals surface area contributed by atoms with Crippen molar-refractivity contribution in [2.45, 2.75) is 32.7 Å². The summed E-state index contributed by atoms with van der Waals surface area (Å²) in [4.78, 5) is 6.96. The van der Waals surface area contributed by atoms with E-state index in [0.717, 1.165) is 5.69 Å². The number of nitrogens with zero attached hydrogens (tertiary/aromatic N) is 2. The highest BCUT2D eigenvalue weighted by Gasteiger charge is 2.23. The van der Waals surface area contributed by atoms with E-state index < -0.39 is 0 Å². The highest BCUT2D eigenvalue weighted by Crippen LogP contribution is 2.31. The van der Waals surface area contributed by atoms with Gasteiger partial charge in [0.1, 0.15) is 0 Å². The van der Waals surface area contributed by atoms with Crippen LogP contribution in [0.3, 0.4) is 0 Å². The SMILES string of the molecule is Cc1ccc([C@@H]2CCCN2C)c(C)n1. The Hall–Kier alpha value is -0.890. The minimum atomic E-state index is 0.600. The Bertz CT molecular complexity index is 333. The summed E-state index contributed by atoms with van der Waals surface area (Å²) in [5, 5.41) is 0. The van der Waals surface area contributed by atoms with Crippen LogP contribution in [0.5, 0.6) is 0 Å². The molecule has 0 aliphatic carbocycles. The van der Waals surface area contributed by atoms with Gasteiger partial charge in [0.15, 0.2) is 0 Å². The molecule has 1 aliphatic heterocycles. The summed E-state index contributed by atoms with van der Waals surface area (Å²) in [6, 6.07) is 4.96. The lowest BCUT2D eigenvalue weighted by molar-refractivity contribution is 0.316. The summed E-state index contributed by atoms with van der Waals surface area (Å²) in [5.41, 5.74) is 3.73. The third-order valence-electron chi connectivity index (χ3n) is 3.15. The van der Waals surface area contributed by atoms with E-state index >= 15 is 0 Å². The van der Waals surface area contributed by atoms with Crippen molar-refractivity contribution in [3.63, 3.8) is 0 Å². The van der Waals surface area contributed by atoms with Crippen molar-refractivity contribution in [1.82, 2.24) is 9.88 Å². The maximum atomic E-state index is 4.53. The van der Waals surface area contributed by atoms with E-state index in [1.807, 2.05) is 0 Å². The second kappa shape index (κ2) is 3.70. The molecule has 0 N–H and O–H groups in total. The molecule has 14 heavy (non-hydrogen) atoms. The summed E-state index contributed by atoms with van der Waals surface area (Å²) in [7, 11) is 2.21. The van der Waals surface area contributed by atoms with Gasteiger partial charge in [0.25, 0.3) is 0 Å². The molecule has 2 nitrogen and oxygen atoms in total. The van der Waals surface area contributed by atoms with Gasteiger partial charge in [0, 0.05) is 17.4 Å². The van der Waals surface area contributed by atoms with E-state index in [4.69, 9.17) is 0 Å². The van der Waals surface area contributed by atoms with Crippen molar-refractivity contribution in [2.75, 3.05) is 13.6 Å². The lowest BCUT2D eigenvalue weighted by atomic mass is 10.0. The van der Waals surface area contributed by atoms with E-state index in [0.29, 0.717) is 6.04 Å². The molecule has 0 aromatic carbocycles. The second-order valence-corrected chi connectivity index (χ2v) is 4.27. The van der Waals surface area contributed by atoms with E-state index in [-0.39, 0.29) is 0 Å². The first-order valence-electron chi connectivity index (χ1n) is 5.33. The summed E-state index contributed by atoms with van der Waals surface area (Å²) in [5.74, 6) is 0. The number of pyridine rings is 1. The molecule has 0 amide bonds. The summed E-state index contributed by atoms with van der Waals surface area (Å²) in [6.07, 6.45) is 2.59. The molecule has 0 saturated carbocycles. The molecule has 2 rings (SSSR count). The molecule has 0 unspecified atom stereocenters. The number of aromatic nitrogens is 1. The summed E-state index contributed by atoms with van der Waals surface area (Å²) in [6.45, 7) is 5.39. The Kier molecular flexibility index (Phi) is 2.55. The maximum Gasteiger partial charge on any atom is 0.0423 e. The Labute approximate surface area is 86.0 Å². The molecule has 2 heterocycles. The van der Waals surface area contributed by atoms with Crippen molar-refractivity contribution in [1.29, 1.82) is 0 Å². The molecule has 1 atom stereocenters. The molecule has 1 aromatic rings. The van der Waals surface area contributed by atoms with Crippen molar-refractivity contribution >= 4 is 0 Å². The van der Waals surface area contributed by atoms with Gasteiger partial charge in [0.05, 0.1) is 0 Å². The second-order valence-electron chi connectivity index (χ2n) is 4.27. The minimum Gasteiger partial charge on any atom is -0.299 e. The number of hydrogen-bond donors (Lipinski definition) is 0. The molecule has 1 saturated heterocycles. The topological polar surface area (TPSA) is 16.1 Å². The average Bonchev–Trinajstić information content (AvgIpc) is 2.52. The zero-order valence-electron chi connectivity index (χ0n) is 9.25. The predicted molar refractivity (Wildman–Crippen MR) is 58.3 cm³/mol. The third kappa shape index (κ3) is 1.67. The summed E-state index contributed by atoms with van der Waals surface area (Å²) < 4.78 is 0. The van der Waals surface area contributed by atoms with Crippen LogP contribution >= 0.6 is 0 Å². The Morgan fingerprint density at radius 3 is 2.71 bits per heavy atom. The fourth-order valence-electron chi connectivity index (χ4n) is 2.35. The molecule has 1 aliphatic rings. The average molecular weight is 190 g/mol. The van der Waals surface area contributed by atoms with Crippen LogP contribution in [-0.4, -0.2) is 23.5 Å². The molecule has 1 aromatic heterocycles. The van der Waals surface area contributed by atoms with Gasteiger partial charge >= 0.3 is 0 Å². The van der Waals surface area contributed by atoms with E-state index in [1.165, 1.54) is 30.6 Å². The van der Waals surface area contributed by atoms with Gasteiger partial charge in [-0.3, -0.25) is 9.88 Å². The Morgan fingerprint density at radius 2 is 2.14 bits per heavy atom. The molecule has 1 fully saturated rings. The van der Waals surface area contributed by atoms with Crippen LogP contribution < -0.4 is 0 Å². The normalized spacial score (nSPS) is 22.9. The number of rotatable bonds is 1. The fraction of sp³-hybridized carbons (Fsp3) is 0.583. The van der Waals surface area contributed by atoms with Gasteiger partial charge < -0.3 is 0 Å². The van der Waals surface area contributed by atoms with Crippen LogP contribution in [0.2, 0.25) is 0 Å². The molecule has 2 heteroatoms. The van der Waals surface area contributed by atoms with Gasteiger partial charge in [0.2, 0.25) is 0 Å². The van der Waals surface area contributed by atoms with Crippen molar-refractivity contribution in [3.05, 3.63) is 29.1 Å². The number of hydrogen-bond acceptors (Lipinski definition) is 2. The van der Waals surface area contributed by atoms with Gasteiger partial charge in [-0.1, -0.05) is 6.07 Å². The molecule has 0 spiro atoms. The summed E-state index contributed by atoms with van der Waals surface area (Å²) >= 11 is 0. The molecular weight excluding hydrogens is 172 g/mol. The van der Waals surface area contributed by atoms with Gasteiger partial charge in [-0.2, -0.15) is 0 Å². The zero-order chi connectivity index (χ0) is 10.1. The minimum absolute atomic E-state index is 0.600. The van der Waals surface area contributed by atoms with Crippen molar-refractivity contribution in [3.8, 4) is 0 Å². The molecule has 76 valence electrons. The van der Waals surface area contributed by atoms with Crippen LogP contribution in [0, 0.1) is 13.8 Å². The standard InChI is InChI=1S/C12H18N2/c1-9-6-7-11(10(2)13-9)12-5-4-8-14(12)3/h6-7,12H,4-5,8H2,1-3H3/t12-/m0/s1. The van der Waals surface area contributed by atoms with E-state index in [1.54, 1.807) is 0 Å². The van der Waals surface area contributed by atoms with Gasteiger partial charge in [-0.15, -0.1) is 0 Å². The van der Waals surface area contributed by atoms with Crippen LogP contribution in [0.4, 0.5) is 0 Å². The van der Waals surface area contributed by atoms with Gasteiger partial charge in [-0.25, -0.2) is 0 Å². The largest absolute Gasteiger partial charge is 0.299 e. The third-order valence-corrected chi connectivity index (χ3v) is 3.15. The number of likely N-dealkylation sites (tertiary alicyclic amines) is 1. The lowest BCUT2D eigenvalue weighted by Gasteiger charge is -2.21. The fourth-order valence-corrected chi connectivity index (χ4v) is 2.35. The van der Waals surface area contributed by atoms with Crippen LogP contribution in [0.1, 0.15) is 35.8 Å². The highest BCUT2D eigenvalue weighted by molar-refractivity contribution is 5.25. The maximum absolute atomic E-state index is 4.53. The monoisotopic (exact) mass is 190 g/mol. The Morgan fingerprint density at radius 1 is 1.36 bits per heavy atom. The Balaban J connectivity index is 2.31. The van der Waals surface area contributed by atoms with E-state index in [9.17, 15) is 0 Å². The van der Waals surface area contributed by atoms with Crippen molar-refractivity contribution < 1.29 is 0 Å². The molecule has 0 bridgehead atoms. The van der Waals surface area contributed by atoms with Gasteiger partial charge in [-0.05, 0) is 51.9 Å². The van der Waals surface area contributed by atoms with Crippen LogP contribution in [0.15, 0.2) is 12.1 Å². The molecule has 0 radical (unpaired) electrons. The first kappa shape index (κ1) is 9.66. The highest BCUT2D eigenvalue weighted by atomic mass is 15.1. The predicted octanol–water partition coefficient (Wildman–Crippen LogP) is 2.47. The first-order chi connectivity index (χ1) is 6.68. The van der Waals surface area contributed by atoms with E-state index in [2.05, 4.69) is 42.9 Å². The zero-order valence-corrected chi connectivity index (χ0v) is 9.25.